The van der Waals surface area contributed by atoms with Crippen LogP contribution in [0, 0.1) is 35.5 Å². The molecule has 3 heteroatoms. The predicted molar refractivity (Wildman–Crippen MR) is 72.8 cm³/mol. The van der Waals surface area contributed by atoms with Crippen LogP contribution in [0.4, 0.5) is 0 Å². The molecule has 0 saturated carbocycles. The third-order valence-electron chi connectivity index (χ3n) is 1.71. The second-order valence-electron chi connectivity index (χ2n) is 2.94. The molecule has 0 saturated heterocycles. The van der Waals surface area contributed by atoms with E-state index in [4.69, 9.17) is 16.3 Å². The van der Waals surface area contributed by atoms with E-state index < -0.39 is 0 Å². The van der Waals surface area contributed by atoms with E-state index in [1.165, 1.54) is 0 Å². The van der Waals surface area contributed by atoms with E-state index >= 15 is 0 Å². The molecule has 0 bridgehead atoms. The van der Waals surface area contributed by atoms with Crippen molar-refractivity contribution in [3.8, 4) is 35.5 Å². The molecule has 0 aliphatic heterocycles. The third-order valence-corrected chi connectivity index (χ3v) is 2.96. The minimum atomic E-state index is -0.346. The van der Waals surface area contributed by atoms with Crippen molar-refractivity contribution in [3.63, 3.8) is 0 Å². The summed E-state index contributed by atoms with van der Waals surface area (Å²) in [6.07, 6.45) is 0.512. The van der Waals surface area contributed by atoms with Gasteiger partial charge in [-0.3, -0.25) is 0 Å². The Morgan fingerprint density at radius 2 is 2.00 bits per heavy atom. The number of halogens is 1. The van der Waals surface area contributed by atoms with Gasteiger partial charge in [-0.2, -0.15) is 0 Å². The fourth-order valence-corrected chi connectivity index (χ4v) is 1.74. The molecule has 0 amide bonds. The molecule has 1 heterocycles. The molecule has 0 aromatic carbocycles. The lowest BCUT2D eigenvalue weighted by Crippen LogP contribution is -1.97. The maximum absolute atomic E-state index is 5.76. The first-order valence-corrected chi connectivity index (χ1v) is 6.20. The second-order valence-corrected chi connectivity index (χ2v) is 4.51. The highest BCUT2D eigenvalue weighted by molar-refractivity contribution is 7.13. The van der Waals surface area contributed by atoms with Crippen molar-refractivity contribution in [1.82, 2.24) is 0 Å². The summed E-state index contributed by atoms with van der Waals surface area (Å²) in [7, 11) is 1.56. The van der Waals surface area contributed by atoms with Crippen LogP contribution in [-0.2, 0) is 4.74 Å². The predicted octanol–water partition coefficient (Wildman–Crippen LogP) is 3.08. The summed E-state index contributed by atoms with van der Waals surface area (Å²) in [6, 6.07) is 3.88. The molecule has 0 N–H and O–H groups in total. The average Bonchev–Trinajstić information content (AvgIpc) is 2.77. The fraction of sp³-hybridized carbons (Fsp3) is 0.286. The number of thiophene rings is 1. The van der Waals surface area contributed by atoms with Crippen molar-refractivity contribution in [2.24, 2.45) is 0 Å². The molecule has 1 atom stereocenters. The van der Waals surface area contributed by atoms with E-state index in [2.05, 4.69) is 35.5 Å². The standard InChI is InChI=1S/C14H11ClOS/c1-3-4-5-7-12-10-11-13(17-12)8-6-9-14(15)16-2/h10-11,14H,9H2,1-2H3/t14-/m1/s1. The van der Waals surface area contributed by atoms with Crippen LogP contribution in [0.25, 0.3) is 0 Å². The Kier molecular flexibility index (Phi) is 6.31. The SMILES string of the molecule is CC#CC#Cc1ccc(C#CC[C@H](Cl)OC)s1. The van der Waals surface area contributed by atoms with Gasteiger partial charge in [0.1, 0.15) is 5.56 Å². The van der Waals surface area contributed by atoms with Gasteiger partial charge in [0.25, 0.3) is 0 Å². The van der Waals surface area contributed by atoms with Gasteiger partial charge in [-0.05, 0) is 36.8 Å². The summed E-state index contributed by atoms with van der Waals surface area (Å²) >= 11 is 7.31. The van der Waals surface area contributed by atoms with Crippen molar-refractivity contribution >= 4 is 22.9 Å². The lowest BCUT2D eigenvalue weighted by atomic mass is 10.4. The largest absolute Gasteiger partial charge is 0.365 e. The third kappa shape index (κ3) is 5.48. The summed E-state index contributed by atoms with van der Waals surface area (Å²) in [4.78, 5) is 1.94. The zero-order valence-corrected chi connectivity index (χ0v) is 11.2. The lowest BCUT2D eigenvalue weighted by molar-refractivity contribution is 0.171. The Labute approximate surface area is 111 Å². The monoisotopic (exact) mass is 262 g/mol. The molecule has 0 aliphatic rings. The quantitative estimate of drug-likeness (QED) is 0.588. The van der Waals surface area contributed by atoms with Crippen molar-refractivity contribution in [3.05, 3.63) is 21.9 Å². The van der Waals surface area contributed by atoms with Gasteiger partial charge < -0.3 is 4.74 Å². The van der Waals surface area contributed by atoms with Gasteiger partial charge in [0.15, 0.2) is 0 Å². The maximum atomic E-state index is 5.76. The van der Waals surface area contributed by atoms with E-state index in [1.54, 1.807) is 25.4 Å². The number of rotatable bonds is 2. The van der Waals surface area contributed by atoms with Crippen molar-refractivity contribution in [2.75, 3.05) is 7.11 Å². The Morgan fingerprint density at radius 1 is 1.29 bits per heavy atom. The molecule has 1 rings (SSSR count). The number of hydrogen-bond donors (Lipinski definition) is 0. The molecular formula is C14H11ClOS. The molecule has 0 unspecified atom stereocenters. The summed E-state index contributed by atoms with van der Waals surface area (Å²) in [5, 5.41) is 0. The summed E-state index contributed by atoms with van der Waals surface area (Å²) in [5.74, 6) is 17.1. The highest BCUT2D eigenvalue weighted by atomic mass is 35.5. The molecule has 1 aromatic heterocycles. The van der Waals surface area contributed by atoms with Crippen molar-refractivity contribution in [1.29, 1.82) is 0 Å². The zero-order chi connectivity index (χ0) is 12.5. The minimum Gasteiger partial charge on any atom is -0.365 e. The van der Waals surface area contributed by atoms with Gasteiger partial charge in [0, 0.05) is 13.5 Å². The van der Waals surface area contributed by atoms with E-state index in [9.17, 15) is 0 Å². The first-order valence-electron chi connectivity index (χ1n) is 4.94. The first kappa shape index (κ1) is 13.7. The van der Waals surface area contributed by atoms with Gasteiger partial charge in [-0.15, -0.1) is 11.3 Å². The van der Waals surface area contributed by atoms with Crippen LogP contribution in [0.2, 0.25) is 0 Å². The Hall–Kier alpha value is -1.37. The summed E-state index contributed by atoms with van der Waals surface area (Å²) < 4.78 is 4.89. The highest BCUT2D eigenvalue weighted by Gasteiger charge is 1.97. The molecule has 86 valence electrons. The first-order chi connectivity index (χ1) is 8.26. The molecule has 1 aromatic rings. The van der Waals surface area contributed by atoms with E-state index in [0.717, 1.165) is 9.75 Å². The number of methoxy groups -OCH3 is 1. The normalized spacial score (nSPS) is 10.1. The minimum absolute atomic E-state index is 0.346. The van der Waals surface area contributed by atoms with Gasteiger partial charge in [0.2, 0.25) is 0 Å². The van der Waals surface area contributed by atoms with Crippen LogP contribution in [0.5, 0.6) is 0 Å². The number of alkyl halides is 1. The molecule has 17 heavy (non-hydrogen) atoms. The fourth-order valence-electron chi connectivity index (χ4n) is 0.929. The maximum Gasteiger partial charge on any atom is 0.141 e. The van der Waals surface area contributed by atoms with Crippen LogP contribution in [-0.4, -0.2) is 12.7 Å². The second kappa shape index (κ2) is 7.83. The number of ether oxygens (including phenoxy) is 1. The molecule has 0 spiro atoms. The Bertz CT molecular complexity index is 540. The zero-order valence-electron chi connectivity index (χ0n) is 9.63. The summed E-state index contributed by atoms with van der Waals surface area (Å²) in [5.41, 5.74) is -0.346. The van der Waals surface area contributed by atoms with Gasteiger partial charge in [0.05, 0.1) is 9.75 Å². The van der Waals surface area contributed by atoms with E-state index in [-0.39, 0.29) is 5.56 Å². The van der Waals surface area contributed by atoms with Gasteiger partial charge in [-0.1, -0.05) is 29.4 Å². The highest BCUT2D eigenvalue weighted by Crippen LogP contribution is 2.14. The topological polar surface area (TPSA) is 9.23 Å². The van der Waals surface area contributed by atoms with Gasteiger partial charge in [-0.25, -0.2) is 0 Å². The molecule has 0 fully saturated rings. The average molecular weight is 263 g/mol. The van der Waals surface area contributed by atoms with E-state index in [1.807, 2.05) is 12.1 Å². The Balaban J connectivity index is 2.62. The summed E-state index contributed by atoms with van der Waals surface area (Å²) in [6.45, 7) is 1.76. The van der Waals surface area contributed by atoms with Crippen LogP contribution >= 0.6 is 22.9 Å². The lowest BCUT2D eigenvalue weighted by Gasteiger charge is -1.98. The smallest absolute Gasteiger partial charge is 0.141 e. The van der Waals surface area contributed by atoms with Crippen molar-refractivity contribution < 1.29 is 4.74 Å². The van der Waals surface area contributed by atoms with Crippen molar-refractivity contribution in [2.45, 2.75) is 18.9 Å². The number of hydrogen-bond acceptors (Lipinski definition) is 2. The van der Waals surface area contributed by atoms with Crippen LogP contribution in [0.15, 0.2) is 12.1 Å². The molecular weight excluding hydrogens is 252 g/mol. The van der Waals surface area contributed by atoms with Gasteiger partial charge >= 0.3 is 0 Å². The Morgan fingerprint density at radius 3 is 2.65 bits per heavy atom. The van der Waals surface area contributed by atoms with Crippen LogP contribution < -0.4 is 0 Å². The van der Waals surface area contributed by atoms with Crippen LogP contribution in [0.3, 0.4) is 0 Å². The molecule has 0 aliphatic carbocycles. The molecule has 1 nitrogen and oxygen atoms in total. The molecule has 0 radical (unpaired) electrons. The van der Waals surface area contributed by atoms with E-state index in [0.29, 0.717) is 6.42 Å². The van der Waals surface area contributed by atoms with Crippen LogP contribution in [0.1, 0.15) is 23.1 Å².